The summed E-state index contributed by atoms with van der Waals surface area (Å²) in [6, 6.07) is -0.0529. The lowest BCUT2D eigenvalue weighted by atomic mass is 10.2. The average Bonchev–Trinajstić information content (AvgIpc) is 3.00. The van der Waals surface area contributed by atoms with Crippen molar-refractivity contribution in [2.45, 2.75) is 44.6 Å². The summed E-state index contributed by atoms with van der Waals surface area (Å²) in [7, 11) is 0. The number of nitrogens with two attached hydrogens (primary N) is 1. The van der Waals surface area contributed by atoms with Crippen molar-refractivity contribution in [3.05, 3.63) is 11.1 Å². The van der Waals surface area contributed by atoms with E-state index in [4.69, 9.17) is 5.73 Å². The van der Waals surface area contributed by atoms with Gasteiger partial charge in [0, 0.05) is 23.8 Å². The van der Waals surface area contributed by atoms with E-state index in [1.54, 1.807) is 0 Å². The Morgan fingerprint density at radius 2 is 2.50 bits per heavy atom. The Bertz CT molecular complexity index is 373. The highest BCUT2D eigenvalue weighted by Gasteiger charge is 2.26. The first-order chi connectivity index (χ1) is 7.69. The van der Waals surface area contributed by atoms with Crippen LogP contribution in [-0.4, -0.2) is 16.9 Å². The number of hydrogen-bond donors (Lipinski definition) is 2. The van der Waals surface area contributed by atoms with Crippen LogP contribution in [-0.2, 0) is 4.79 Å². The van der Waals surface area contributed by atoms with Crippen LogP contribution in [0.25, 0.3) is 0 Å². The predicted molar refractivity (Wildman–Crippen MR) is 65.6 cm³/mol. The number of nitrogens with one attached hydrogen (secondary N) is 1. The Morgan fingerprint density at radius 3 is 3.12 bits per heavy atom. The van der Waals surface area contributed by atoms with Gasteiger partial charge < -0.3 is 11.1 Å². The molecule has 0 radical (unpaired) electrons. The SMILES string of the molecule is CCC(N)CC(=O)Nc1nc(C2CC2)cs1. The van der Waals surface area contributed by atoms with Crippen LogP contribution in [0.5, 0.6) is 0 Å². The molecule has 0 aliphatic heterocycles. The quantitative estimate of drug-likeness (QED) is 0.826. The normalized spacial score (nSPS) is 17.1. The van der Waals surface area contributed by atoms with E-state index in [9.17, 15) is 4.79 Å². The Labute approximate surface area is 99.3 Å². The van der Waals surface area contributed by atoms with Gasteiger partial charge in [0.25, 0.3) is 0 Å². The first kappa shape index (κ1) is 11.5. The van der Waals surface area contributed by atoms with Gasteiger partial charge in [0.15, 0.2) is 5.13 Å². The first-order valence-corrected chi connectivity index (χ1v) is 6.58. The number of thiazole rings is 1. The number of aromatic nitrogens is 1. The number of amides is 1. The van der Waals surface area contributed by atoms with Gasteiger partial charge in [0.05, 0.1) is 5.69 Å². The summed E-state index contributed by atoms with van der Waals surface area (Å²) in [5, 5.41) is 5.54. The summed E-state index contributed by atoms with van der Waals surface area (Å²) < 4.78 is 0. The largest absolute Gasteiger partial charge is 0.327 e. The number of nitrogens with zero attached hydrogens (tertiary/aromatic N) is 1. The molecule has 1 fully saturated rings. The Hall–Kier alpha value is -0.940. The maximum atomic E-state index is 11.6. The number of anilines is 1. The molecule has 1 unspecified atom stereocenters. The fourth-order valence-electron chi connectivity index (χ4n) is 1.46. The molecule has 4 nitrogen and oxygen atoms in total. The molecule has 1 aliphatic rings. The molecular weight excluding hydrogens is 222 g/mol. The van der Waals surface area contributed by atoms with Gasteiger partial charge in [-0.1, -0.05) is 6.92 Å². The summed E-state index contributed by atoms with van der Waals surface area (Å²) in [5.74, 6) is 0.603. The van der Waals surface area contributed by atoms with Crippen LogP contribution in [0.3, 0.4) is 0 Å². The molecule has 1 saturated carbocycles. The van der Waals surface area contributed by atoms with Crippen molar-refractivity contribution < 1.29 is 4.79 Å². The van der Waals surface area contributed by atoms with E-state index in [1.165, 1.54) is 24.2 Å². The van der Waals surface area contributed by atoms with Gasteiger partial charge in [-0.15, -0.1) is 11.3 Å². The van der Waals surface area contributed by atoms with E-state index >= 15 is 0 Å². The minimum Gasteiger partial charge on any atom is -0.327 e. The van der Waals surface area contributed by atoms with Crippen LogP contribution in [0.15, 0.2) is 5.38 Å². The van der Waals surface area contributed by atoms with Crippen LogP contribution in [0.4, 0.5) is 5.13 Å². The first-order valence-electron chi connectivity index (χ1n) is 5.70. The number of rotatable bonds is 5. The molecule has 0 saturated heterocycles. The lowest BCUT2D eigenvalue weighted by molar-refractivity contribution is -0.116. The molecule has 5 heteroatoms. The Kier molecular flexibility index (Phi) is 3.56. The van der Waals surface area contributed by atoms with Gasteiger partial charge >= 0.3 is 0 Å². The smallest absolute Gasteiger partial charge is 0.227 e. The van der Waals surface area contributed by atoms with Gasteiger partial charge in [-0.2, -0.15) is 0 Å². The van der Waals surface area contributed by atoms with Crippen LogP contribution >= 0.6 is 11.3 Å². The molecule has 1 aromatic rings. The zero-order valence-corrected chi connectivity index (χ0v) is 10.2. The highest BCUT2D eigenvalue weighted by molar-refractivity contribution is 7.13. The number of carbonyl (C=O) groups excluding carboxylic acids is 1. The second kappa shape index (κ2) is 4.93. The maximum Gasteiger partial charge on any atom is 0.227 e. The van der Waals surface area contributed by atoms with Gasteiger partial charge in [-0.3, -0.25) is 4.79 Å². The molecule has 0 aromatic carbocycles. The molecule has 0 bridgehead atoms. The summed E-state index contributed by atoms with van der Waals surface area (Å²) in [6.45, 7) is 1.98. The molecular formula is C11H17N3OS. The van der Waals surface area contributed by atoms with Crippen molar-refractivity contribution >= 4 is 22.4 Å². The summed E-state index contributed by atoms with van der Waals surface area (Å²) in [4.78, 5) is 15.9. The average molecular weight is 239 g/mol. The number of carbonyl (C=O) groups is 1. The summed E-state index contributed by atoms with van der Waals surface area (Å²) in [5.41, 5.74) is 6.84. The van der Waals surface area contributed by atoms with Crippen LogP contribution in [0.1, 0.15) is 44.2 Å². The van der Waals surface area contributed by atoms with Gasteiger partial charge in [-0.25, -0.2) is 4.98 Å². The molecule has 1 atom stereocenters. The van der Waals surface area contributed by atoms with E-state index in [-0.39, 0.29) is 11.9 Å². The topological polar surface area (TPSA) is 68.0 Å². The van der Waals surface area contributed by atoms with Gasteiger partial charge in [0.2, 0.25) is 5.91 Å². The van der Waals surface area contributed by atoms with Gasteiger partial charge in [0.1, 0.15) is 0 Å². The van der Waals surface area contributed by atoms with Crippen molar-refractivity contribution in [3.63, 3.8) is 0 Å². The van der Waals surface area contributed by atoms with E-state index < -0.39 is 0 Å². The van der Waals surface area contributed by atoms with Crippen LogP contribution in [0.2, 0.25) is 0 Å². The highest BCUT2D eigenvalue weighted by atomic mass is 32.1. The second-order valence-corrected chi connectivity index (χ2v) is 5.13. The van der Waals surface area contributed by atoms with Crippen molar-refractivity contribution in [3.8, 4) is 0 Å². The Balaban J connectivity index is 1.85. The Morgan fingerprint density at radius 1 is 1.75 bits per heavy atom. The fourth-order valence-corrected chi connectivity index (χ4v) is 2.27. The molecule has 1 aromatic heterocycles. The van der Waals surface area contributed by atoms with E-state index in [0.29, 0.717) is 17.5 Å². The molecule has 3 N–H and O–H groups in total. The van der Waals surface area contributed by atoms with Crippen molar-refractivity contribution in [2.24, 2.45) is 5.73 Å². The monoisotopic (exact) mass is 239 g/mol. The summed E-state index contributed by atoms with van der Waals surface area (Å²) >= 11 is 1.50. The summed E-state index contributed by atoms with van der Waals surface area (Å²) in [6.07, 6.45) is 3.66. The van der Waals surface area contributed by atoms with Crippen molar-refractivity contribution in [1.29, 1.82) is 0 Å². The van der Waals surface area contributed by atoms with E-state index in [2.05, 4.69) is 10.3 Å². The molecule has 1 amide bonds. The third-order valence-corrected chi connectivity index (χ3v) is 3.51. The second-order valence-electron chi connectivity index (χ2n) is 4.27. The maximum absolute atomic E-state index is 11.6. The minimum absolute atomic E-state index is 0.0361. The molecule has 1 aliphatic carbocycles. The zero-order chi connectivity index (χ0) is 11.5. The molecule has 16 heavy (non-hydrogen) atoms. The molecule has 1 heterocycles. The molecule has 88 valence electrons. The number of hydrogen-bond acceptors (Lipinski definition) is 4. The highest BCUT2D eigenvalue weighted by Crippen LogP contribution is 2.40. The fraction of sp³-hybridized carbons (Fsp3) is 0.636. The molecule has 2 rings (SSSR count). The van der Waals surface area contributed by atoms with Crippen molar-refractivity contribution in [2.75, 3.05) is 5.32 Å². The predicted octanol–water partition coefficient (Wildman–Crippen LogP) is 2.09. The van der Waals surface area contributed by atoms with Crippen LogP contribution in [0, 0.1) is 0 Å². The standard InChI is InChI=1S/C11H17N3OS/c1-2-8(12)5-10(15)14-11-13-9(6-16-11)7-3-4-7/h6-8H,2-5,12H2,1H3,(H,13,14,15). The minimum atomic E-state index is -0.0529. The third-order valence-electron chi connectivity index (χ3n) is 2.74. The van der Waals surface area contributed by atoms with Crippen molar-refractivity contribution in [1.82, 2.24) is 4.98 Å². The van der Waals surface area contributed by atoms with E-state index in [0.717, 1.165) is 12.1 Å². The van der Waals surface area contributed by atoms with Crippen LogP contribution < -0.4 is 11.1 Å². The van der Waals surface area contributed by atoms with E-state index in [1.807, 2.05) is 12.3 Å². The lowest BCUT2D eigenvalue weighted by Crippen LogP contribution is -2.26. The zero-order valence-electron chi connectivity index (χ0n) is 9.40. The lowest BCUT2D eigenvalue weighted by Gasteiger charge is -2.07. The van der Waals surface area contributed by atoms with Gasteiger partial charge in [-0.05, 0) is 19.3 Å². The molecule has 0 spiro atoms. The third kappa shape index (κ3) is 3.02.